The number of nitrogen functional groups attached to an aromatic ring is 2. The number of rotatable bonds is 2. The Morgan fingerprint density at radius 3 is 2.67 bits per heavy atom. The molecule has 5 N–H and O–H groups in total. The summed E-state index contributed by atoms with van der Waals surface area (Å²) >= 11 is 0. The normalized spacial score (nSPS) is 10.3. The van der Waals surface area contributed by atoms with Gasteiger partial charge in [0.2, 0.25) is 0 Å². The number of anilines is 3. The number of aromatic nitrogens is 2. The summed E-state index contributed by atoms with van der Waals surface area (Å²) in [4.78, 5) is 12.0. The molecule has 0 bridgehead atoms. The minimum atomic E-state index is -0.274. The van der Waals surface area contributed by atoms with Gasteiger partial charge in [-0.3, -0.25) is 9.48 Å². The number of nitrogens with one attached hydrogen (secondary N) is 1. The Morgan fingerprint density at radius 1 is 1.39 bits per heavy atom. The van der Waals surface area contributed by atoms with E-state index in [4.69, 9.17) is 11.5 Å². The Labute approximate surface area is 105 Å². The maximum atomic E-state index is 12.0. The van der Waals surface area contributed by atoms with Crippen molar-refractivity contribution in [2.24, 2.45) is 7.05 Å². The standard InChI is InChI=1S/C12H15N5O/c1-7-11(6-17(2)16-7)15-12(18)9-4-3-8(13)5-10(9)14/h3-6H,13-14H2,1-2H3,(H,15,18). The first-order chi connectivity index (χ1) is 8.47. The van der Waals surface area contributed by atoms with E-state index in [1.54, 1.807) is 36.1 Å². The molecule has 0 spiro atoms. The molecule has 0 saturated heterocycles. The van der Waals surface area contributed by atoms with Crippen molar-refractivity contribution in [3.8, 4) is 0 Å². The second-order valence-corrected chi connectivity index (χ2v) is 4.10. The first-order valence-corrected chi connectivity index (χ1v) is 5.44. The van der Waals surface area contributed by atoms with Gasteiger partial charge in [-0.2, -0.15) is 5.10 Å². The molecule has 6 nitrogen and oxygen atoms in total. The summed E-state index contributed by atoms with van der Waals surface area (Å²) in [5, 5.41) is 6.91. The summed E-state index contributed by atoms with van der Waals surface area (Å²) in [6, 6.07) is 4.80. The molecule has 0 saturated carbocycles. The smallest absolute Gasteiger partial charge is 0.257 e. The quantitative estimate of drug-likeness (QED) is 0.691. The average molecular weight is 245 g/mol. The third-order valence-electron chi connectivity index (χ3n) is 2.58. The molecule has 0 unspecified atom stereocenters. The number of nitrogens with two attached hydrogens (primary N) is 2. The van der Waals surface area contributed by atoms with Gasteiger partial charge in [-0.25, -0.2) is 0 Å². The summed E-state index contributed by atoms with van der Waals surface area (Å²) in [6.45, 7) is 1.82. The summed E-state index contributed by atoms with van der Waals surface area (Å²) in [5.41, 5.74) is 14.0. The van der Waals surface area contributed by atoms with E-state index in [1.165, 1.54) is 0 Å². The molecule has 18 heavy (non-hydrogen) atoms. The van der Waals surface area contributed by atoms with Crippen LogP contribution >= 0.6 is 0 Å². The zero-order chi connectivity index (χ0) is 13.3. The SMILES string of the molecule is Cc1nn(C)cc1NC(=O)c1ccc(N)cc1N. The van der Waals surface area contributed by atoms with Gasteiger partial charge in [-0.05, 0) is 25.1 Å². The molecule has 6 heteroatoms. The van der Waals surface area contributed by atoms with Crippen LogP contribution in [0.15, 0.2) is 24.4 Å². The number of benzene rings is 1. The third kappa shape index (κ3) is 2.27. The summed E-state index contributed by atoms with van der Waals surface area (Å²) in [7, 11) is 1.79. The van der Waals surface area contributed by atoms with Crippen molar-refractivity contribution in [2.45, 2.75) is 6.92 Å². The molecule has 0 aliphatic rings. The van der Waals surface area contributed by atoms with Gasteiger partial charge >= 0.3 is 0 Å². The highest BCUT2D eigenvalue weighted by molar-refractivity contribution is 6.08. The van der Waals surface area contributed by atoms with Crippen molar-refractivity contribution in [1.29, 1.82) is 0 Å². The molecule has 0 fully saturated rings. The maximum absolute atomic E-state index is 12.0. The second-order valence-electron chi connectivity index (χ2n) is 4.10. The predicted octanol–water partition coefficient (Wildman–Crippen LogP) is 1.15. The van der Waals surface area contributed by atoms with E-state index in [9.17, 15) is 4.79 Å². The van der Waals surface area contributed by atoms with Crippen molar-refractivity contribution in [3.05, 3.63) is 35.7 Å². The van der Waals surface area contributed by atoms with Gasteiger partial charge in [0.15, 0.2) is 0 Å². The Kier molecular flexibility index (Phi) is 2.93. The van der Waals surface area contributed by atoms with Gasteiger partial charge in [0, 0.05) is 24.6 Å². The Bertz CT molecular complexity index is 603. The Hall–Kier alpha value is -2.50. The predicted molar refractivity (Wildman–Crippen MR) is 71.2 cm³/mol. The second kappa shape index (κ2) is 4.40. The molecule has 2 rings (SSSR count). The minimum Gasteiger partial charge on any atom is -0.399 e. The number of aryl methyl sites for hydroxylation is 2. The fraction of sp³-hybridized carbons (Fsp3) is 0.167. The van der Waals surface area contributed by atoms with Crippen molar-refractivity contribution in [3.63, 3.8) is 0 Å². The molecule has 0 aliphatic carbocycles. The average Bonchev–Trinajstić information content (AvgIpc) is 2.57. The highest BCUT2D eigenvalue weighted by Crippen LogP contribution is 2.18. The van der Waals surface area contributed by atoms with Gasteiger partial charge < -0.3 is 16.8 Å². The van der Waals surface area contributed by atoms with Crippen molar-refractivity contribution >= 4 is 23.0 Å². The van der Waals surface area contributed by atoms with Gasteiger partial charge in [-0.1, -0.05) is 0 Å². The van der Waals surface area contributed by atoms with Crippen LogP contribution in [0.3, 0.4) is 0 Å². The minimum absolute atomic E-state index is 0.274. The number of nitrogens with zero attached hydrogens (tertiary/aromatic N) is 2. The summed E-state index contributed by atoms with van der Waals surface area (Å²) in [6.07, 6.45) is 1.74. The Balaban J connectivity index is 2.24. The molecule has 1 aromatic carbocycles. The van der Waals surface area contributed by atoms with Crippen LogP contribution in [0, 0.1) is 6.92 Å². The lowest BCUT2D eigenvalue weighted by atomic mass is 10.1. The van der Waals surface area contributed by atoms with Gasteiger partial charge in [-0.15, -0.1) is 0 Å². The van der Waals surface area contributed by atoms with E-state index < -0.39 is 0 Å². The largest absolute Gasteiger partial charge is 0.399 e. The monoisotopic (exact) mass is 245 g/mol. The third-order valence-corrected chi connectivity index (χ3v) is 2.58. The highest BCUT2D eigenvalue weighted by atomic mass is 16.1. The molecular formula is C12H15N5O. The van der Waals surface area contributed by atoms with Gasteiger partial charge in [0.1, 0.15) is 0 Å². The molecule has 2 aromatic rings. The molecular weight excluding hydrogens is 230 g/mol. The van der Waals surface area contributed by atoms with Crippen LogP contribution in [0.25, 0.3) is 0 Å². The van der Waals surface area contributed by atoms with Gasteiger partial charge in [0.25, 0.3) is 5.91 Å². The molecule has 0 aliphatic heterocycles. The van der Waals surface area contributed by atoms with Crippen LogP contribution in [0.4, 0.5) is 17.1 Å². The number of amides is 1. The molecule has 0 atom stereocenters. The van der Waals surface area contributed by atoms with Crippen LogP contribution in [-0.4, -0.2) is 15.7 Å². The summed E-state index contributed by atoms with van der Waals surface area (Å²) in [5.74, 6) is -0.274. The van der Waals surface area contributed by atoms with Crippen molar-refractivity contribution < 1.29 is 4.79 Å². The van der Waals surface area contributed by atoms with Crippen molar-refractivity contribution in [1.82, 2.24) is 9.78 Å². The van der Waals surface area contributed by atoms with E-state index in [0.717, 1.165) is 5.69 Å². The molecule has 1 heterocycles. The number of hydrogen-bond donors (Lipinski definition) is 3. The zero-order valence-electron chi connectivity index (χ0n) is 10.3. The lowest BCUT2D eigenvalue weighted by molar-refractivity contribution is 0.102. The first kappa shape index (κ1) is 12.0. The number of hydrogen-bond acceptors (Lipinski definition) is 4. The molecule has 94 valence electrons. The summed E-state index contributed by atoms with van der Waals surface area (Å²) < 4.78 is 1.64. The van der Waals surface area contributed by atoms with Crippen LogP contribution < -0.4 is 16.8 Å². The lowest BCUT2D eigenvalue weighted by Crippen LogP contribution is -2.14. The Morgan fingerprint density at radius 2 is 2.11 bits per heavy atom. The molecule has 1 amide bonds. The lowest BCUT2D eigenvalue weighted by Gasteiger charge is -2.07. The first-order valence-electron chi connectivity index (χ1n) is 5.44. The fourth-order valence-electron chi connectivity index (χ4n) is 1.70. The van der Waals surface area contributed by atoms with E-state index in [2.05, 4.69) is 10.4 Å². The highest BCUT2D eigenvalue weighted by Gasteiger charge is 2.12. The van der Waals surface area contributed by atoms with Crippen LogP contribution in [0.1, 0.15) is 16.1 Å². The number of carbonyl (C=O) groups is 1. The van der Waals surface area contributed by atoms with Crippen LogP contribution in [-0.2, 0) is 7.05 Å². The molecule has 0 radical (unpaired) electrons. The van der Waals surface area contributed by atoms with E-state index >= 15 is 0 Å². The van der Waals surface area contributed by atoms with Gasteiger partial charge in [0.05, 0.1) is 16.9 Å². The van der Waals surface area contributed by atoms with E-state index in [0.29, 0.717) is 22.6 Å². The van der Waals surface area contributed by atoms with E-state index in [1.807, 2.05) is 6.92 Å². The topological polar surface area (TPSA) is 99.0 Å². The fourth-order valence-corrected chi connectivity index (χ4v) is 1.70. The van der Waals surface area contributed by atoms with Crippen LogP contribution in [0.2, 0.25) is 0 Å². The van der Waals surface area contributed by atoms with Crippen molar-refractivity contribution in [2.75, 3.05) is 16.8 Å². The molecule has 1 aromatic heterocycles. The maximum Gasteiger partial charge on any atom is 0.257 e. The number of carbonyl (C=O) groups excluding carboxylic acids is 1. The zero-order valence-corrected chi connectivity index (χ0v) is 10.3. The van der Waals surface area contributed by atoms with E-state index in [-0.39, 0.29) is 5.91 Å². The van der Waals surface area contributed by atoms with Crippen LogP contribution in [0.5, 0.6) is 0 Å².